The van der Waals surface area contributed by atoms with Gasteiger partial charge in [-0.3, -0.25) is 9.59 Å². The Hall–Kier alpha value is -7.41. The van der Waals surface area contributed by atoms with E-state index in [2.05, 4.69) is 35.7 Å². The number of amides is 2. The van der Waals surface area contributed by atoms with Crippen LogP contribution in [0.2, 0.25) is 0 Å². The number of rotatable bonds is 13. The van der Waals surface area contributed by atoms with E-state index in [1.165, 1.54) is 21.7 Å². The number of sulfonamides is 1. The number of aromatic nitrogens is 5. The van der Waals surface area contributed by atoms with Gasteiger partial charge < -0.3 is 35.4 Å². The summed E-state index contributed by atoms with van der Waals surface area (Å²) < 4.78 is 34.8. The molecule has 5 N–H and O–H groups in total. The molecule has 4 aromatic carbocycles. The van der Waals surface area contributed by atoms with Crippen molar-refractivity contribution in [3.63, 3.8) is 0 Å². The summed E-state index contributed by atoms with van der Waals surface area (Å²) in [4.78, 5) is 52.1. The average Bonchev–Trinajstić information content (AvgIpc) is 3.63. The number of nitrogens with one attached hydrogen (secondary N) is 3. The van der Waals surface area contributed by atoms with Gasteiger partial charge in [0, 0.05) is 50.4 Å². The van der Waals surface area contributed by atoms with Gasteiger partial charge in [0.25, 0.3) is 5.91 Å². The largest absolute Gasteiger partial charge is 0.508 e. The number of hydrogen-bond donors (Lipinski definition) is 5. The van der Waals surface area contributed by atoms with E-state index in [4.69, 9.17) is 4.74 Å². The maximum absolute atomic E-state index is 13.4. The Morgan fingerprint density at radius 3 is 2.38 bits per heavy atom. The Morgan fingerprint density at radius 2 is 1.66 bits per heavy atom. The molecule has 1 saturated heterocycles. The topological polar surface area (TPSA) is 228 Å². The molecule has 0 saturated carbocycles. The quantitative estimate of drug-likeness (QED) is 0.0933. The highest BCUT2D eigenvalue weighted by Gasteiger charge is 2.35. The SMILES string of the molecule is CCCc1cc(-c2n[nH]c(=O)n2-c2ccc(CNC(=O)C3CCN(c4ccc(Nc5ncc6c(n5)N(S(C)(=O)=O)c5ccccc5C(=O)N6C)c(OCC)c4)CC3)cc2)c(O)cc1O. The van der Waals surface area contributed by atoms with E-state index in [0.29, 0.717) is 73.8 Å². The molecular formula is C45H48N10O8S. The molecule has 4 heterocycles. The van der Waals surface area contributed by atoms with Gasteiger partial charge in [-0.15, -0.1) is 0 Å². The van der Waals surface area contributed by atoms with Crippen LogP contribution in [0.1, 0.15) is 54.6 Å². The number of phenols is 2. The monoisotopic (exact) mass is 888 g/mol. The predicted octanol–water partition coefficient (Wildman–Crippen LogP) is 5.74. The third-order valence-electron chi connectivity index (χ3n) is 11.3. The number of carbonyl (C=O) groups is 2. The van der Waals surface area contributed by atoms with Gasteiger partial charge in [-0.25, -0.2) is 32.2 Å². The fraction of sp³-hybridized carbons (Fsp3) is 0.289. The van der Waals surface area contributed by atoms with E-state index < -0.39 is 21.6 Å². The molecule has 332 valence electrons. The Balaban J connectivity index is 0.908. The van der Waals surface area contributed by atoms with Gasteiger partial charge in [0.15, 0.2) is 11.6 Å². The van der Waals surface area contributed by atoms with E-state index >= 15 is 0 Å². The van der Waals surface area contributed by atoms with Crippen LogP contribution in [0, 0.1) is 5.92 Å². The van der Waals surface area contributed by atoms with Crippen molar-refractivity contribution in [2.75, 3.05) is 52.4 Å². The second-order valence-electron chi connectivity index (χ2n) is 15.6. The first-order chi connectivity index (χ1) is 30.7. The van der Waals surface area contributed by atoms with Gasteiger partial charge in [-0.2, -0.15) is 10.1 Å². The van der Waals surface area contributed by atoms with Gasteiger partial charge in [0.1, 0.15) is 22.9 Å². The highest BCUT2D eigenvalue weighted by atomic mass is 32.2. The van der Waals surface area contributed by atoms with E-state index in [9.17, 15) is 33.0 Å². The zero-order valence-corrected chi connectivity index (χ0v) is 36.5. The highest BCUT2D eigenvalue weighted by Crippen LogP contribution is 2.42. The molecular weight excluding hydrogens is 841 g/mol. The lowest BCUT2D eigenvalue weighted by Crippen LogP contribution is -2.40. The zero-order chi connectivity index (χ0) is 45.3. The first-order valence-electron chi connectivity index (χ1n) is 20.9. The number of hydrogen-bond acceptors (Lipinski definition) is 13. The first kappa shape index (κ1) is 43.2. The minimum absolute atomic E-state index is 0.0214. The molecule has 0 aliphatic carbocycles. The Kier molecular flexibility index (Phi) is 12.0. The van der Waals surface area contributed by atoms with Crippen LogP contribution >= 0.6 is 0 Å². The van der Waals surface area contributed by atoms with Gasteiger partial charge in [0.2, 0.25) is 21.9 Å². The molecule has 1 fully saturated rings. The number of carbonyl (C=O) groups excluding carboxylic acids is 2. The third-order valence-corrected chi connectivity index (χ3v) is 12.4. The molecule has 0 spiro atoms. The van der Waals surface area contributed by atoms with Crippen LogP contribution in [0.5, 0.6) is 17.2 Å². The number of benzene rings is 4. The number of fused-ring (bicyclic) bond motifs is 2. The molecule has 2 amide bonds. The van der Waals surface area contributed by atoms with Crippen molar-refractivity contribution in [2.24, 2.45) is 5.92 Å². The van der Waals surface area contributed by atoms with Crippen LogP contribution in [0.3, 0.4) is 0 Å². The number of aryl methyl sites for hydroxylation is 1. The molecule has 2 aromatic heterocycles. The number of nitrogens with zero attached hydrogens (tertiary/aromatic N) is 7. The standard InChI is InChI=1S/C45H48N10O8S/c1-5-9-29-22-33(38(57)24-37(29)56)40-50-51-45(60)54(40)30-14-12-27(13-15-30)25-46-42(58)28-18-20-53(21-19-28)31-16-17-34(39(23-31)63-6-2)48-44-47-26-36-41(49-44)55(64(4,61)62)35-11-8-7-10-32(35)43(59)52(36)3/h7-8,10-17,22-24,26,28,56-57H,5-6,9,18-21,25H2,1-4H3,(H,46,58)(H,51,60)(H,47,48,49). The number of piperidine rings is 1. The van der Waals surface area contributed by atoms with Crippen molar-refractivity contribution < 1.29 is 33.0 Å². The predicted molar refractivity (Wildman–Crippen MR) is 243 cm³/mol. The normalized spacial score (nSPS) is 14.2. The summed E-state index contributed by atoms with van der Waals surface area (Å²) in [6.07, 6.45) is 5.10. The van der Waals surface area contributed by atoms with Gasteiger partial charge in [-0.1, -0.05) is 37.6 Å². The van der Waals surface area contributed by atoms with E-state index in [1.807, 2.05) is 44.2 Å². The third kappa shape index (κ3) is 8.53. The summed E-state index contributed by atoms with van der Waals surface area (Å²) >= 11 is 0. The minimum Gasteiger partial charge on any atom is -0.508 e. The number of ether oxygens (including phenoxy) is 1. The number of H-pyrrole nitrogens is 1. The van der Waals surface area contributed by atoms with Gasteiger partial charge in [0.05, 0.1) is 47.2 Å². The van der Waals surface area contributed by atoms with Crippen LogP contribution < -0.4 is 35.2 Å². The Morgan fingerprint density at radius 1 is 0.922 bits per heavy atom. The Labute approximate surface area is 369 Å². The lowest BCUT2D eigenvalue weighted by Gasteiger charge is -2.33. The smallest absolute Gasteiger partial charge is 0.348 e. The van der Waals surface area contributed by atoms with Crippen LogP contribution in [0.25, 0.3) is 17.1 Å². The lowest BCUT2D eigenvalue weighted by molar-refractivity contribution is -0.125. The van der Waals surface area contributed by atoms with E-state index in [-0.39, 0.29) is 57.9 Å². The molecule has 2 aliphatic heterocycles. The van der Waals surface area contributed by atoms with E-state index in [0.717, 1.165) is 28.2 Å². The van der Waals surface area contributed by atoms with Crippen molar-refractivity contribution in [3.05, 3.63) is 112 Å². The molecule has 64 heavy (non-hydrogen) atoms. The minimum atomic E-state index is -3.94. The molecule has 0 bridgehead atoms. The zero-order valence-electron chi connectivity index (χ0n) is 35.7. The van der Waals surface area contributed by atoms with Crippen molar-refractivity contribution >= 4 is 56.4 Å². The number of aromatic hydroxyl groups is 2. The van der Waals surface area contributed by atoms with Crippen molar-refractivity contribution in [2.45, 2.75) is 46.1 Å². The maximum Gasteiger partial charge on any atom is 0.348 e. The number of aromatic amines is 1. The number of anilines is 6. The molecule has 18 nitrogen and oxygen atoms in total. The maximum atomic E-state index is 13.4. The van der Waals surface area contributed by atoms with Gasteiger partial charge >= 0.3 is 5.69 Å². The first-order valence-corrected chi connectivity index (χ1v) is 22.7. The molecule has 6 aromatic rings. The van der Waals surface area contributed by atoms with Crippen molar-refractivity contribution in [3.8, 4) is 34.3 Å². The van der Waals surface area contributed by atoms with Gasteiger partial charge in [-0.05, 0) is 79.8 Å². The van der Waals surface area contributed by atoms with E-state index in [1.54, 1.807) is 49.5 Å². The second kappa shape index (κ2) is 17.8. The molecule has 0 unspecified atom stereocenters. The lowest BCUT2D eigenvalue weighted by atomic mass is 9.95. The fourth-order valence-corrected chi connectivity index (χ4v) is 9.04. The summed E-state index contributed by atoms with van der Waals surface area (Å²) in [5, 5.41) is 33.8. The van der Waals surface area contributed by atoms with Crippen LogP contribution in [-0.4, -0.2) is 88.2 Å². The summed E-state index contributed by atoms with van der Waals surface area (Å²) in [5.41, 5.74) is 3.87. The summed E-state index contributed by atoms with van der Waals surface area (Å²) in [5.74, 6) is -0.0163. The molecule has 19 heteroatoms. The fourth-order valence-electron chi connectivity index (χ4n) is 8.07. The highest BCUT2D eigenvalue weighted by molar-refractivity contribution is 7.92. The Bertz CT molecular complexity index is 2910. The van der Waals surface area contributed by atoms with Crippen LogP contribution in [-0.2, 0) is 27.8 Å². The molecule has 0 atom stereocenters. The van der Waals surface area contributed by atoms with Crippen molar-refractivity contribution in [1.29, 1.82) is 0 Å². The summed E-state index contributed by atoms with van der Waals surface area (Å²) in [6, 6.07) is 22.2. The number of para-hydroxylation sites is 1. The summed E-state index contributed by atoms with van der Waals surface area (Å²) in [7, 11) is -2.39. The molecule has 0 radical (unpaired) electrons. The average molecular weight is 889 g/mol. The van der Waals surface area contributed by atoms with Crippen LogP contribution in [0.4, 0.5) is 34.5 Å². The second-order valence-corrected chi connectivity index (χ2v) is 17.5. The van der Waals surface area contributed by atoms with Crippen LogP contribution in [0.15, 0.2) is 89.9 Å². The summed E-state index contributed by atoms with van der Waals surface area (Å²) in [6.45, 7) is 5.77. The number of phenolic OH excluding ortho intramolecular Hbond substituents is 2. The molecule has 8 rings (SSSR count). The molecule has 2 aliphatic rings. The van der Waals surface area contributed by atoms with Crippen molar-refractivity contribution in [1.82, 2.24) is 30.0 Å².